The topological polar surface area (TPSA) is 136 Å². The minimum Gasteiger partial charge on any atom is -0.459 e. The van der Waals surface area contributed by atoms with Gasteiger partial charge in [-0.25, -0.2) is 4.79 Å². The second-order valence-corrected chi connectivity index (χ2v) is 18.7. The van der Waals surface area contributed by atoms with Crippen molar-refractivity contribution in [1.29, 1.82) is 0 Å². The molecule has 2 aromatic carbocycles. The van der Waals surface area contributed by atoms with Gasteiger partial charge < -0.3 is 38.9 Å². The molecule has 1 amide bonds. The lowest BCUT2D eigenvalue weighted by Crippen LogP contribution is -2.69. The zero-order valence-electron chi connectivity index (χ0n) is 38.9. The zero-order chi connectivity index (χ0) is 45.2. The van der Waals surface area contributed by atoms with Gasteiger partial charge in [0, 0.05) is 43.7 Å². The number of oxime groups is 1. The lowest BCUT2D eigenvalue weighted by molar-refractivity contribution is -0.253. The fourth-order valence-corrected chi connectivity index (χ4v) is 9.75. The van der Waals surface area contributed by atoms with Crippen LogP contribution in [0.15, 0.2) is 71.9 Å². The summed E-state index contributed by atoms with van der Waals surface area (Å²) in [6, 6.07) is 12.2. The van der Waals surface area contributed by atoms with E-state index in [4.69, 9.17) is 28.9 Å². The van der Waals surface area contributed by atoms with Gasteiger partial charge in [0.25, 0.3) is 0 Å². The Morgan fingerprint density at radius 2 is 1.60 bits per heavy atom. The summed E-state index contributed by atoms with van der Waals surface area (Å²) in [5, 5.41) is 24.7. The lowest BCUT2D eigenvalue weighted by Gasteiger charge is -2.59. The van der Waals surface area contributed by atoms with Crippen LogP contribution in [0.4, 0.5) is 4.79 Å². The Morgan fingerprint density at radius 1 is 0.921 bits per heavy atom. The van der Waals surface area contributed by atoms with Gasteiger partial charge >= 0.3 is 6.09 Å². The minimum atomic E-state index is -1.38. The van der Waals surface area contributed by atoms with Crippen LogP contribution in [0.1, 0.15) is 159 Å². The average molecular weight is 873 g/mol. The molecule has 0 aromatic heterocycles. The first kappa shape index (κ1) is 49.8. The highest BCUT2D eigenvalue weighted by atomic mass is 16.7. The van der Waals surface area contributed by atoms with Crippen molar-refractivity contribution in [2.45, 2.75) is 160 Å². The molecule has 63 heavy (non-hydrogen) atoms. The summed E-state index contributed by atoms with van der Waals surface area (Å²) in [5.41, 5.74) is 2.55. The molecule has 1 fully saturated rings. The second-order valence-electron chi connectivity index (χ2n) is 18.7. The van der Waals surface area contributed by atoms with Crippen molar-refractivity contribution in [3.63, 3.8) is 0 Å². The maximum Gasteiger partial charge on any atom is 0.409 e. The summed E-state index contributed by atoms with van der Waals surface area (Å²) >= 11 is 0. The number of aliphatic hydroxyl groups excluding tert-OH is 2. The molecule has 2 aromatic rings. The summed E-state index contributed by atoms with van der Waals surface area (Å²) < 4.78 is 26.7. The van der Waals surface area contributed by atoms with Crippen LogP contribution in [0.25, 0.3) is 0 Å². The van der Waals surface area contributed by atoms with Crippen molar-refractivity contribution in [3.8, 4) is 17.2 Å². The summed E-state index contributed by atoms with van der Waals surface area (Å²) in [7, 11) is 1.76. The van der Waals surface area contributed by atoms with E-state index in [0.29, 0.717) is 42.3 Å². The molecule has 5 rings (SSSR count). The van der Waals surface area contributed by atoms with Crippen LogP contribution in [-0.4, -0.2) is 84.1 Å². The van der Waals surface area contributed by atoms with Crippen molar-refractivity contribution in [2.24, 2.45) is 22.9 Å². The number of hydrogen-bond acceptors (Lipinski definition) is 10. The van der Waals surface area contributed by atoms with E-state index >= 15 is 0 Å². The number of amides is 1. The molecule has 1 aliphatic heterocycles. The molecule has 6 atom stereocenters. The number of carbonyl (C=O) groups excluding carboxylic acids is 2. The standard InChI is InChI=1S/C52H76N2O9/c1-7-9-10-11-12-13-14-15-16-21-32-59-50(58)54(6)47-36-45(53-63-51(3,4)5)43-34-39(24-17-19-29-55)42(26-18-20-30-56)48-44-35-41(61-40-25-22-23-38(33-40)37-57)27-28-46(44)62-52(47,49(43)48)60-31-8-2/h8,22-23,25,27-28,33-35,37,39,42,47-49,55-56H,2,7,9-21,24,26,29-32,36H2,1,3-6H3. The highest BCUT2D eigenvalue weighted by molar-refractivity contribution is 6.03. The molecule has 1 saturated carbocycles. The van der Waals surface area contributed by atoms with Crippen molar-refractivity contribution in [2.75, 3.05) is 33.5 Å². The Labute approximate surface area is 377 Å². The number of likely N-dealkylation sites (N-methyl/N-ethyl adjacent to an activating group) is 1. The van der Waals surface area contributed by atoms with Crippen LogP contribution < -0.4 is 9.47 Å². The van der Waals surface area contributed by atoms with E-state index in [0.717, 1.165) is 68.1 Å². The SMILES string of the molecule is C=CCOC12Oc3ccc(Oc4cccc(C=O)c4)cc3C3C(CCCCO)C(CCCCO)C=C(C(=NOC(C)(C)C)CC1N(C)C(=O)OCCCCCCCCCCCC)C32. The molecular formula is C52H76N2O9. The number of carbonyl (C=O) groups is 2. The molecule has 0 bridgehead atoms. The third-order valence-electron chi connectivity index (χ3n) is 12.8. The molecule has 0 saturated heterocycles. The molecule has 11 nitrogen and oxygen atoms in total. The van der Waals surface area contributed by atoms with Gasteiger partial charge in [0.05, 0.1) is 24.8 Å². The Kier molecular flexibility index (Phi) is 19.6. The number of aliphatic hydroxyl groups is 2. The molecule has 348 valence electrons. The number of allylic oxidation sites excluding steroid dienone is 1. The first-order valence-electron chi connectivity index (χ1n) is 23.9. The first-order chi connectivity index (χ1) is 30.5. The Balaban J connectivity index is 1.56. The third-order valence-corrected chi connectivity index (χ3v) is 12.8. The van der Waals surface area contributed by atoms with Gasteiger partial charge in [0.15, 0.2) is 0 Å². The Hall–Kier alpha value is -4.19. The van der Waals surface area contributed by atoms with Crippen molar-refractivity contribution in [3.05, 3.63) is 77.9 Å². The Morgan fingerprint density at radius 3 is 2.27 bits per heavy atom. The van der Waals surface area contributed by atoms with Crippen LogP contribution in [-0.2, 0) is 14.3 Å². The van der Waals surface area contributed by atoms with Crippen LogP contribution in [0.5, 0.6) is 17.2 Å². The maximum absolute atomic E-state index is 14.2. The summed E-state index contributed by atoms with van der Waals surface area (Å²) in [6.07, 6.45) is 21.2. The second kappa shape index (κ2) is 24.8. The van der Waals surface area contributed by atoms with Crippen LogP contribution >= 0.6 is 0 Å². The number of rotatable bonds is 27. The van der Waals surface area contributed by atoms with Gasteiger partial charge in [0.2, 0.25) is 5.79 Å². The summed E-state index contributed by atoms with van der Waals surface area (Å²) in [5.74, 6) is -0.144. The van der Waals surface area contributed by atoms with Gasteiger partial charge in [-0.15, -0.1) is 6.58 Å². The smallest absolute Gasteiger partial charge is 0.409 e. The van der Waals surface area contributed by atoms with Crippen LogP contribution in [0.2, 0.25) is 0 Å². The number of ether oxygens (including phenoxy) is 4. The molecule has 3 aliphatic rings. The molecule has 1 heterocycles. The van der Waals surface area contributed by atoms with E-state index in [-0.39, 0.29) is 44.0 Å². The fraction of sp³-hybridized carbons (Fsp3) is 0.635. The molecule has 0 spiro atoms. The molecular weight excluding hydrogens is 797 g/mol. The normalized spacial score (nSPS) is 23.2. The lowest BCUT2D eigenvalue weighted by atomic mass is 9.55. The number of hydrogen-bond donors (Lipinski definition) is 2. The predicted octanol–water partition coefficient (Wildman–Crippen LogP) is 11.7. The minimum absolute atomic E-state index is 0.0594. The first-order valence-corrected chi connectivity index (χ1v) is 23.9. The van der Waals surface area contributed by atoms with E-state index < -0.39 is 29.4 Å². The molecule has 0 radical (unpaired) electrons. The predicted molar refractivity (Wildman–Crippen MR) is 249 cm³/mol. The van der Waals surface area contributed by atoms with E-state index in [1.165, 1.54) is 44.9 Å². The maximum atomic E-state index is 14.2. The Bertz CT molecular complexity index is 1820. The highest BCUT2D eigenvalue weighted by Gasteiger charge is 2.65. The van der Waals surface area contributed by atoms with E-state index in [2.05, 4.69) is 19.6 Å². The highest BCUT2D eigenvalue weighted by Crippen LogP contribution is 2.62. The molecule has 2 aliphatic carbocycles. The largest absolute Gasteiger partial charge is 0.459 e. The number of unbranched alkanes of at least 4 members (excludes halogenated alkanes) is 11. The van der Waals surface area contributed by atoms with Crippen molar-refractivity contribution < 1.29 is 43.6 Å². The monoisotopic (exact) mass is 873 g/mol. The number of aldehydes is 1. The van der Waals surface area contributed by atoms with Gasteiger partial charge in [-0.1, -0.05) is 107 Å². The number of benzene rings is 2. The third kappa shape index (κ3) is 13.4. The molecule has 2 N–H and O–H groups in total. The fourth-order valence-electron chi connectivity index (χ4n) is 9.75. The van der Waals surface area contributed by atoms with Crippen molar-refractivity contribution >= 4 is 18.1 Å². The van der Waals surface area contributed by atoms with E-state index in [9.17, 15) is 19.8 Å². The van der Waals surface area contributed by atoms with Crippen molar-refractivity contribution in [1.82, 2.24) is 4.90 Å². The van der Waals surface area contributed by atoms with Gasteiger partial charge in [0.1, 0.15) is 35.2 Å². The van der Waals surface area contributed by atoms with Gasteiger partial charge in [-0.3, -0.25) is 4.79 Å². The zero-order valence-corrected chi connectivity index (χ0v) is 38.9. The van der Waals surface area contributed by atoms with Gasteiger partial charge in [-0.2, -0.15) is 0 Å². The number of nitrogens with zero attached hydrogens (tertiary/aromatic N) is 2. The molecule has 11 heteroatoms. The number of fused-ring (bicyclic) bond motifs is 2. The van der Waals surface area contributed by atoms with Crippen LogP contribution in [0.3, 0.4) is 0 Å². The van der Waals surface area contributed by atoms with E-state index in [1.807, 2.05) is 45.0 Å². The average Bonchev–Trinajstić information content (AvgIpc) is 3.27. The van der Waals surface area contributed by atoms with E-state index in [1.54, 1.807) is 36.2 Å². The van der Waals surface area contributed by atoms with Crippen LogP contribution in [0, 0.1) is 17.8 Å². The van der Waals surface area contributed by atoms with Gasteiger partial charge in [-0.05, 0) is 101 Å². The summed E-state index contributed by atoms with van der Waals surface area (Å²) in [4.78, 5) is 33.7. The molecule has 6 unspecified atom stereocenters. The quantitative estimate of drug-likeness (QED) is 0.0389. The summed E-state index contributed by atoms with van der Waals surface area (Å²) in [6.45, 7) is 12.8.